The van der Waals surface area contributed by atoms with E-state index in [0.717, 1.165) is 12.0 Å². The predicted molar refractivity (Wildman–Crippen MR) is 75.5 cm³/mol. The minimum Gasteiger partial charge on any atom is -0.489 e. The van der Waals surface area contributed by atoms with E-state index in [1.807, 2.05) is 6.07 Å². The van der Waals surface area contributed by atoms with Crippen LogP contribution in [0.1, 0.15) is 18.9 Å². The van der Waals surface area contributed by atoms with Crippen LogP contribution in [0.25, 0.3) is 0 Å². The number of hydrogen-bond donors (Lipinski definition) is 1. The van der Waals surface area contributed by atoms with E-state index in [0.29, 0.717) is 35.5 Å². The molecule has 1 aromatic carbocycles. The van der Waals surface area contributed by atoms with Gasteiger partial charge in [0.15, 0.2) is 11.5 Å². The fraction of sp³-hybridized carbons (Fsp3) is 0.462. The molecule has 6 heteroatoms. The maximum atomic E-state index is 10.8. The number of ether oxygens (including phenoxy) is 2. The van der Waals surface area contributed by atoms with E-state index in [-0.39, 0.29) is 0 Å². The van der Waals surface area contributed by atoms with Crippen LogP contribution in [0.4, 0.5) is 0 Å². The van der Waals surface area contributed by atoms with Crippen LogP contribution >= 0.6 is 23.4 Å². The lowest BCUT2D eigenvalue weighted by Gasteiger charge is -2.12. The second-order valence-electron chi connectivity index (χ2n) is 4.25. The third-order valence-corrected chi connectivity index (χ3v) is 4.19. The van der Waals surface area contributed by atoms with Gasteiger partial charge < -0.3 is 14.6 Å². The van der Waals surface area contributed by atoms with Crippen molar-refractivity contribution in [2.24, 2.45) is 0 Å². The van der Waals surface area contributed by atoms with Gasteiger partial charge in [-0.05, 0) is 24.6 Å². The van der Waals surface area contributed by atoms with Crippen molar-refractivity contribution in [1.82, 2.24) is 0 Å². The third-order valence-electron chi connectivity index (χ3n) is 2.71. The Morgan fingerprint density at radius 3 is 2.95 bits per heavy atom. The highest BCUT2D eigenvalue weighted by Crippen LogP contribution is 2.38. The number of fused-ring (bicyclic) bond motifs is 1. The van der Waals surface area contributed by atoms with Crippen molar-refractivity contribution in [2.45, 2.75) is 24.3 Å². The Morgan fingerprint density at radius 1 is 1.47 bits per heavy atom. The van der Waals surface area contributed by atoms with Crippen LogP contribution in [0, 0.1) is 0 Å². The van der Waals surface area contributed by atoms with Gasteiger partial charge >= 0.3 is 5.97 Å². The number of carboxylic acids is 1. The number of thioether (sulfide) groups is 1. The number of aliphatic carboxylic acids is 1. The molecule has 104 valence electrons. The molecule has 0 saturated heterocycles. The van der Waals surface area contributed by atoms with Gasteiger partial charge in [-0.15, -0.1) is 11.8 Å². The molecule has 0 bridgehead atoms. The average Bonchev–Trinajstić information content (AvgIpc) is 2.61. The van der Waals surface area contributed by atoms with Crippen LogP contribution in [-0.2, 0) is 10.5 Å². The third kappa shape index (κ3) is 3.70. The van der Waals surface area contributed by atoms with Crippen LogP contribution < -0.4 is 9.47 Å². The molecular weight excluding hydrogens is 288 g/mol. The quantitative estimate of drug-likeness (QED) is 0.925. The lowest BCUT2D eigenvalue weighted by atomic mass is 10.2. The van der Waals surface area contributed by atoms with Crippen molar-refractivity contribution in [3.63, 3.8) is 0 Å². The fourth-order valence-electron chi connectivity index (χ4n) is 1.66. The highest BCUT2D eigenvalue weighted by molar-refractivity contribution is 7.99. The highest BCUT2D eigenvalue weighted by Gasteiger charge is 2.17. The number of hydrogen-bond acceptors (Lipinski definition) is 4. The minimum absolute atomic E-state index is 0.449. The Kier molecular flexibility index (Phi) is 4.82. The normalized spacial score (nSPS) is 15.7. The number of halogens is 1. The van der Waals surface area contributed by atoms with Crippen molar-refractivity contribution in [2.75, 3.05) is 13.2 Å². The molecule has 2 rings (SSSR count). The molecule has 1 aliphatic rings. The molecule has 1 atom stereocenters. The van der Waals surface area contributed by atoms with Gasteiger partial charge in [0.25, 0.3) is 0 Å². The van der Waals surface area contributed by atoms with E-state index in [1.54, 1.807) is 13.0 Å². The second-order valence-corrected chi connectivity index (χ2v) is 5.98. The van der Waals surface area contributed by atoms with E-state index in [1.165, 1.54) is 11.8 Å². The summed E-state index contributed by atoms with van der Waals surface area (Å²) in [5.74, 6) is 0.984. The lowest BCUT2D eigenvalue weighted by molar-refractivity contribution is -0.136. The van der Waals surface area contributed by atoms with Crippen LogP contribution in [0.15, 0.2) is 12.1 Å². The zero-order chi connectivity index (χ0) is 13.8. The van der Waals surface area contributed by atoms with Gasteiger partial charge in [0.2, 0.25) is 0 Å². The molecule has 4 nitrogen and oxygen atoms in total. The lowest BCUT2D eigenvalue weighted by Crippen LogP contribution is -2.11. The van der Waals surface area contributed by atoms with Crippen molar-refractivity contribution >= 4 is 29.3 Å². The van der Waals surface area contributed by atoms with E-state index in [2.05, 4.69) is 0 Å². The Balaban J connectivity index is 2.12. The Morgan fingerprint density at radius 2 is 2.21 bits per heavy atom. The summed E-state index contributed by atoms with van der Waals surface area (Å²) in [5.41, 5.74) is 0.937. The molecule has 0 fully saturated rings. The minimum atomic E-state index is -0.814. The maximum absolute atomic E-state index is 10.8. The molecule has 0 spiro atoms. The van der Waals surface area contributed by atoms with Gasteiger partial charge in [0.05, 0.1) is 23.5 Å². The van der Waals surface area contributed by atoms with E-state index in [4.69, 9.17) is 26.2 Å². The standard InChI is InChI=1S/C13H15ClO4S/c1-8(13(15)16)19-7-9-5-10(14)12-11(6-9)17-3-2-4-18-12/h5-6,8H,2-4,7H2,1H3,(H,15,16). The summed E-state index contributed by atoms with van der Waals surface area (Å²) in [5, 5.41) is 8.91. The Hall–Kier alpha value is -1.07. The van der Waals surface area contributed by atoms with Crippen molar-refractivity contribution in [3.8, 4) is 11.5 Å². The highest BCUT2D eigenvalue weighted by atomic mass is 35.5. The first-order valence-corrected chi connectivity index (χ1v) is 7.43. The van der Waals surface area contributed by atoms with Gasteiger partial charge in [0, 0.05) is 12.2 Å². The van der Waals surface area contributed by atoms with Crippen molar-refractivity contribution < 1.29 is 19.4 Å². The summed E-state index contributed by atoms with van der Waals surface area (Å²) in [7, 11) is 0. The van der Waals surface area contributed by atoms with Crippen LogP contribution in [0.2, 0.25) is 5.02 Å². The van der Waals surface area contributed by atoms with Gasteiger partial charge in [0.1, 0.15) is 0 Å². The largest absolute Gasteiger partial charge is 0.489 e. The van der Waals surface area contributed by atoms with Gasteiger partial charge in [-0.3, -0.25) is 4.79 Å². The number of benzene rings is 1. The smallest absolute Gasteiger partial charge is 0.316 e. The summed E-state index contributed by atoms with van der Waals surface area (Å²) in [6, 6.07) is 3.67. The Labute approximate surface area is 121 Å². The van der Waals surface area contributed by atoms with Crippen LogP contribution in [0.5, 0.6) is 11.5 Å². The average molecular weight is 303 g/mol. The van der Waals surface area contributed by atoms with E-state index in [9.17, 15) is 4.79 Å². The molecule has 1 unspecified atom stereocenters. The van der Waals surface area contributed by atoms with Crippen molar-refractivity contribution in [3.05, 3.63) is 22.7 Å². The molecule has 0 aromatic heterocycles. The van der Waals surface area contributed by atoms with Crippen LogP contribution in [0.3, 0.4) is 0 Å². The first-order valence-electron chi connectivity index (χ1n) is 6.00. The van der Waals surface area contributed by atoms with E-state index >= 15 is 0 Å². The second kappa shape index (κ2) is 6.39. The molecule has 19 heavy (non-hydrogen) atoms. The van der Waals surface area contributed by atoms with Crippen molar-refractivity contribution in [1.29, 1.82) is 0 Å². The molecule has 1 N–H and O–H groups in total. The molecule has 0 amide bonds. The summed E-state index contributed by atoms with van der Waals surface area (Å²) in [4.78, 5) is 10.8. The fourth-order valence-corrected chi connectivity index (χ4v) is 2.70. The molecule has 0 aliphatic carbocycles. The first-order chi connectivity index (χ1) is 9.08. The zero-order valence-electron chi connectivity index (χ0n) is 10.5. The summed E-state index contributed by atoms with van der Waals surface area (Å²) >= 11 is 7.51. The number of rotatable bonds is 4. The predicted octanol–water partition coefficient (Wildman–Crippen LogP) is 3.21. The molecule has 1 aromatic rings. The summed E-state index contributed by atoms with van der Waals surface area (Å²) in [6.45, 7) is 2.86. The van der Waals surface area contributed by atoms with Gasteiger partial charge in [-0.25, -0.2) is 0 Å². The molecule has 0 saturated carbocycles. The zero-order valence-corrected chi connectivity index (χ0v) is 12.1. The monoisotopic (exact) mass is 302 g/mol. The van der Waals surface area contributed by atoms with E-state index < -0.39 is 11.2 Å². The SMILES string of the molecule is CC(SCc1cc(Cl)c2c(c1)OCCCO2)C(=O)O. The van der Waals surface area contributed by atoms with Gasteiger partial charge in [-0.2, -0.15) is 0 Å². The topological polar surface area (TPSA) is 55.8 Å². The number of carboxylic acid groups (broad SMARTS) is 1. The maximum Gasteiger partial charge on any atom is 0.316 e. The van der Waals surface area contributed by atoms with Gasteiger partial charge in [-0.1, -0.05) is 11.6 Å². The summed E-state index contributed by atoms with van der Waals surface area (Å²) < 4.78 is 11.1. The van der Waals surface area contributed by atoms with Crippen LogP contribution in [-0.4, -0.2) is 29.5 Å². The molecule has 1 heterocycles. The first kappa shape index (κ1) is 14.3. The number of carbonyl (C=O) groups is 1. The summed E-state index contributed by atoms with van der Waals surface area (Å²) in [6.07, 6.45) is 0.825. The molecule has 1 aliphatic heterocycles. The molecular formula is C13H15ClO4S. The molecule has 0 radical (unpaired) electrons. The Bertz CT molecular complexity index is 478.